The number of allylic oxidation sites excluding steroid dienone is 1. The molecule has 0 bridgehead atoms. The Hall–Kier alpha value is -3.06. The van der Waals surface area contributed by atoms with Gasteiger partial charge in [0, 0.05) is 29.9 Å². The third kappa shape index (κ3) is 3.14. The molecule has 3 rings (SSSR count). The van der Waals surface area contributed by atoms with Crippen LogP contribution in [0.1, 0.15) is 25.0 Å². The molecular weight excluding hydrogens is 312 g/mol. The lowest BCUT2D eigenvalue weighted by molar-refractivity contribution is -0.116. The Kier molecular flexibility index (Phi) is 4.33. The van der Waals surface area contributed by atoms with Crippen molar-refractivity contribution >= 4 is 11.5 Å². The van der Waals surface area contributed by atoms with E-state index in [1.807, 2.05) is 19.2 Å². The number of carbonyl (C=O) groups is 1. The van der Waals surface area contributed by atoms with Gasteiger partial charge >= 0.3 is 0 Å². The summed E-state index contributed by atoms with van der Waals surface area (Å²) in [6.45, 7) is 4.21. The summed E-state index contributed by atoms with van der Waals surface area (Å²) in [6.07, 6.45) is 1.67. The van der Waals surface area contributed by atoms with Gasteiger partial charge in [-0.25, -0.2) is 0 Å². The number of hydrogen-bond donors (Lipinski definition) is 0. The Labute approximate surface area is 148 Å². The minimum atomic E-state index is -0.227. The molecule has 25 heavy (non-hydrogen) atoms. The van der Waals surface area contributed by atoms with E-state index in [1.54, 1.807) is 30.3 Å². The van der Waals surface area contributed by atoms with E-state index in [4.69, 9.17) is 10.00 Å². The fraction of sp³-hybridized carbons (Fsp3) is 0.238. The highest BCUT2D eigenvalue weighted by Gasteiger charge is 2.38. The predicted octanol–water partition coefficient (Wildman–Crippen LogP) is 3.82. The lowest BCUT2D eigenvalue weighted by atomic mass is 9.83. The minimum absolute atomic E-state index is 0.0321. The molecule has 2 aromatic rings. The summed E-state index contributed by atoms with van der Waals surface area (Å²) in [7, 11) is 1.98. The number of anilines is 1. The van der Waals surface area contributed by atoms with Gasteiger partial charge < -0.3 is 9.64 Å². The molecule has 0 radical (unpaired) electrons. The quantitative estimate of drug-likeness (QED) is 0.799. The fourth-order valence-electron chi connectivity index (χ4n) is 3.23. The van der Waals surface area contributed by atoms with E-state index in [0.29, 0.717) is 11.3 Å². The zero-order valence-corrected chi connectivity index (χ0v) is 14.6. The van der Waals surface area contributed by atoms with Crippen LogP contribution in [0.5, 0.6) is 5.75 Å². The van der Waals surface area contributed by atoms with Crippen LogP contribution in [-0.2, 0) is 10.2 Å². The van der Waals surface area contributed by atoms with Gasteiger partial charge in [0.1, 0.15) is 5.75 Å². The lowest BCUT2D eigenvalue weighted by Crippen LogP contribution is -2.25. The van der Waals surface area contributed by atoms with Crippen molar-refractivity contribution in [2.24, 2.45) is 0 Å². The number of ketones is 1. The first-order valence-electron chi connectivity index (χ1n) is 8.14. The normalized spacial score (nSPS) is 16.4. The number of likely N-dealkylation sites (N-methyl/N-ethyl adjacent to an activating group) is 1. The average Bonchev–Trinajstić information content (AvgIpc) is 2.82. The number of fused-ring (bicyclic) bond motifs is 1. The number of rotatable bonds is 4. The van der Waals surface area contributed by atoms with E-state index < -0.39 is 0 Å². The van der Waals surface area contributed by atoms with Crippen LogP contribution in [0.25, 0.3) is 0 Å². The molecule has 4 heteroatoms. The Bertz CT molecular complexity index is 874. The molecule has 2 aromatic carbocycles. The topological polar surface area (TPSA) is 53.3 Å². The van der Waals surface area contributed by atoms with Crippen molar-refractivity contribution in [1.29, 1.82) is 5.26 Å². The maximum absolute atomic E-state index is 12.4. The van der Waals surface area contributed by atoms with Crippen LogP contribution >= 0.6 is 0 Å². The predicted molar refractivity (Wildman–Crippen MR) is 97.6 cm³/mol. The first-order chi connectivity index (χ1) is 11.9. The second-order valence-corrected chi connectivity index (χ2v) is 6.62. The first kappa shape index (κ1) is 16.8. The highest BCUT2D eigenvalue weighted by molar-refractivity contribution is 5.93. The summed E-state index contributed by atoms with van der Waals surface area (Å²) >= 11 is 0. The number of para-hydroxylation sites is 1. The monoisotopic (exact) mass is 332 g/mol. The second kappa shape index (κ2) is 6.45. The number of nitriles is 1. The molecule has 0 unspecified atom stereocenters. The third-order valence-corrected chi connectivity index (χ3v) is 4.60. The number of nitrogens with zero attached hydrogens (tertiary/aromatic N) is 2. The fourth-order valence-corrected chi connectivity index (χ4v) is 3.23. The summed E-state index contributed by atoms with van der Waals surface area (Å²) in [5.74, 6) is 0.486. The number of hydrogen-bond acceptors (Lipinski definition) is 4. The molecule has 0 saturated heterocycles. The molecule has 1 aliphatic heterocycles. The van der Waals surface area contributed by atoms with E-state index in [2.05, 4.69) is 36.9 Å². The zero-order valence-electron chi connectivity index (χ0n) is 14.6. The first-order valence-corrected chi connectivity index (χ1v) is 8.14. The van der Waals surface area contributed by atoms with Crippen molar-refractivity contribution in [1.82, 2.24) is 0 Å². The van der Waals surface area contributed by atoms with Crippen LogP contribution in [0.4, 0.5) is 5.69 Å². The number of carbonyl (C=O) groups excluding carboxylic acids is 1. The van der Waals surface area contributed by atoms with Crippen LogP contribution in [0, 0.1) is 11.3 Å². The molecule has 0 aliphatic carbocycles. The van der Waals surface area contributed by atoms with Crippen molar-refractivity contribution in [2.75, 3.05) is 18.6 Å². The van der Waals surface area contributed by atoms with Gasteiger partial charge in [-0.3, -0.25) is 4.79 Å². The molecule has 0 atom stereocenters. The summed E-state index contributed by atoms with van der Waals surface area (Å²) in [5, 5.41) is 8.80. The zero-order chi connectivity index (χ0) is 18.0. The molecule has 0 fully saturated rings. The van der Waals surface area contributed by atoms with Crippen LogP contribution in [0.15, 0.2) is 60.3 Å². The van der Waals surface area contributed by atoms with Crippen molar-refractivity contribution in [2.45, 2.75) is 19.3 Å². The van der Waals surface area contributed by atoms with Crippen molar-refractivity contribution in [3.63, 3.8) is 0 Å². The standard InChI is InChI=1S/C21H20N2O2/c1-21(2)18-6-4-5-7-19(18)23(3)20(21)12-16(24)14-25-17-10-8-15(13-22)9-11-17/h4-12H,14H2,1-3H3/b20-12+. The summed E-state index contributed by atoms with van der Waals surface area (Å²) in [5.41, 5.74) is 3.63. The average molecular weight is 332 g/mol. The van der Waals surface area contributed by atoms with Gasteiger partial charge in [0.05, 0.1) is 11.6 Å². The van der Waals surface area contributed by atoms with E-state index in [1.165, 1.54) is 5.56 Å². The smallest absolute Gasteiger partial charge is 0.194 e. The van der Waals surface area contributed by atoms with Crippen molar-refractivity contribution in [3.05, 3.63) is 71.4 Å². The summed E-state index contributed by atoms with van der Waals surface area (Å²) in [6, 6.07) is 17.0. The van der Waals surface area contributed by atoms with Crippen LogP contribution in [0.2, 0.25) is 0 Å². The highest BCUT2D eigenvalue weighted by atomic mass is 16.5. The SMILES string of the molecule is CN1/C(=C/C(=O)COc2ccc(C#N)cc2)C(C)(C)c2ccccc21. The van der Waals surface area contributed by atoms with Crippen molar-refractivity contribution < 1.29 is 9.53 Å². The Morgan fingerprint density at radius 2 is 1.88 bits per heavy atom. The van der Waals surface area contributed by atoms with E-state index >= 15 is 0 Å². The van der Waals surface area contributed by atoms with Gasteiger partial charge in [0.2, 0.25) is 0 Å². The molecular formula is C21H20N2O2. The molecule has 4 nitrogen and oxygen atoms in total. The molecule has 0 N–H and O–H groups in total. The molecule has 1 aliphatic rings. The summed E-state index contributed by atoms with van der Waals surface area (Å²) in [4.78, 5) is 14.5. The van der Waals surface area contributed by atoms with Gasteiger partial charge in [0.15, 0.2) is 12.4 Å². The molecule has 126 valence electrons. The maximum Gasteiger partial charge on any atom is 0.194 e. The van der Waals surface area contributed by atoms with Crippen LogP contribution in [-0.4, -0.2) is 19.4 Å². The Balaban J connectivity index is 1.74. The van der Waals surface area contributed by atoms with Crippen LogP contribution in [0.3, 0.4) is 0 Å². The van der Waals surface area contributed by atoms with Gasteiger partial charge in [-0.15, -0.1) is 0 Å². The molecule has 0 amide bonds. The molecule has 0 spiro atoms. The maximum atomic E-state index is 12.4. The third-order valence-electron chi connectivity index (χ3n) is 4.60. The molecule has 0 aromatic heterocycles. The molecule has 0 saturated carbocycles. The van der Waals surface area contributed by atoms with Gasteiger partial charge in [-0.05, 0) is 35.9 Å². The molecule has 1 heterocycles. The van der Waals surface area contributed by atoms with E-state index in [-0.39, 0.29) is 17.8 Å². The van der Waals surface area contributed by atoms with E-state index in [0.717, 1.165) is 11.4 Å². The Morgan fingerprint density at radius 1 is 1.20 bits per heavy atom. The number of benzene rings is 2. The van der Waals surface area contributed by atoms with Gasteiger partial charge in [-0.1, -0.05) is 32.0 Å². The Morgan fingerprint density at radius 3 is 2.52 bits per heavy atom. The van der Waals surface area contributed by atoms with Crippen molar-refractivity contribution in [3.8, 4) is 11.8 Å². The highest BCUT2D eigenvalue weighted by Crippen LogP contribution is 2.46. The summed E-state index contributed by atoms with van der Waals surface area (Å²) < 4.78 is 5.54. The number of ether oxygens (including phenoxy) is 1. The minimum Gasteiger partial charge on any atom is -0.485 e. The van der Waals surface area contributed by atoms with Gasteiger partial charge in [0.25, 0.3) is 0 Å². The van der Waals surface area contributed by atoms with Gasteiger partial charge in [-0.2, -0.15) is 5.26 Å². The largest absolute Gasteiger partial charge is 0.485 e. The van der Waals surface area contributed by atoms with Crippen LogP contribution < -0.4 is 9.64 Å². The lowest BCUT2D eigenvalue weighted by Gasteiger charge is -2.23. The van der Waals surface area contributed by atoms with E-state index in [9.17, 15) is 4.79 Å². The second-order valence-electron chi connectivity index (χ2n) is 6.62.